The molecular weight excluding hydrogens is 232 g/mol. The molecule has 4 heteroatoms. The monoisotopic (exact) mass is 250 g/mol. The molecule has 0 bridgehead atoms. The maximum Gasteiger partial charge on any atom is 0.161 e. The first-order valence-electron chi connectivity index (χ1n) is 5.81. The second-order valence-corrected chi connectivity index (χ2v) is 5.56. The van der Waals surface area contributed by atoms with Gasteiger partial charge in [0.15, 0.2) is 5.17 Å². The van der Waals surface area contributed by atoms with Crippen molar-refractivity contribution in [2.24, 2.45) is 4.99 Å². The summed E-state index contributed by atoms with van der Waals surface area (Å²) in [6, 6.07) is 7.97. The van der Waals surface area contributed by atoms with Gasteiger partial charge in [0.25, 0.3) is 0 Å². The molecule has 0 spiro atoms. The number of amidine groups is 1. The summed E-state index contributed by atoms with van der Waals surface area (Å²) in [4.78, 5) is 4.61. The third-order valence-corrected chi connectivity index (χ3v) is 3.70. The smallest absolute Gasteiger partial charge is 0.161 e. The van der Waals surface area contributed by atoms with Gasteiger partial charge in [-0.25, -0.2) is 0 Å². The molecule has 1 aromatic rings. The number of benzene rings is 1. The molecule has 2 rings (SSSR count). The second kappa shape index (κ2) is 5.00. The van der Waals surface area contributed by atoms with Crippen molar-refractivity contribution < 1.29 is 4.74 Å². The number of ether oxygens (including phenoxy) is 1. The molecule has 0 radical (unpaired) electrons. The molecule has 17 heavy (non-hydrogen) atoms. The van der Waals surface area contributed by atoms with Gasteiger partial charge in [0, 0.05) is 11.4 Å². The topological polar surface area (TPSA) is 33.6 Å². The van der Waals surface area contributed by atoms with Crippen LogP contribution in [-0.4, -0.2) is 23.1 Å². The number of rotatable bonds is 3. The molecule has 1 N–H and O–H groups in total. The Kier molecular flexibility index (Phi) is 3.62. The summed E-state index contributed by atoms with van der Waals surface area (Å²) >= 11 is 1.77. The average molecular weight is 250 g/mol. The Labute approximate surface area is 107 Å². The van der Waals surface area contributed by atoms with Crippen molar-refractivity contribution in [3.8, 4) is 5.75 Å². The number of aliphatic imine (C=N–C) groups is 1. The van der Waals surface area contributed by atoms with Crippen molar-refractivity contribution in [2.45, 2.75) is 26.3 Å². The Hall–Kier alpha value is -1.16. The quantitative estimate of drug-likeness (QED) is 0.893. The number of nitrogens with one attached hydrogen (secondary N) is 1. The third kappa shape index (κ3) is 3.40. The summed E-state index contributed by atoms with van der Waals surface area (Å²) in [5.41, 5.74) is 1.11. The highest BCUT2D eigenvalue weighted by molar-refractivity contribution is 8.14. The van der Waals surface area contributed by atoms with E-state index in [4.69, 9.17) is 4.74 Å². The van der Waals surface area contributed by atoms with Crippen molar-refractivity contribution in [1.82, 2.24) is 0 Å². The highest BCUT2D eigenvalue weighted by atomic mass is 32.2. The van der Waals surface area contributed by atoms with Crippen LogP contribution in [0.1, 0.15) is 20.8 Å². The predicted octanol–water partition coefficient (Wildman–Crippen LogP) is 3.38. The Morgan fingerprint density at radius 2 is 2.06 bits per heavy atom. The van der Waals surface area contributed by atoms with Gasteiger partial charge in [0.1, 0.15) is 5.75 Å². The SMILES string of the molecule is CCOc1ccc(NC2=NC(C)(C)CS2)cc1. The van der Waals surface area contributed by atoms with Gasteiger partial charge in [-0.3, -0.25) is 4.99 Å². The predicted molar refractivity (Wildman–Crippen MR) is 75.2 cm³/mol. The van der Waals surface area contributed by atoms with Gasteiger partial charge >= 0.3 is 0 Å². The van der Waals surface area contributed by atoms with Crippen LogP contribution in [0, 0.1) is 0 Å². The van der Waals surface area contributed by atoms with E-state index in [1.807, 2.05) is 31.2 Å². The fourth-order valence-corrected chi connectivity index (χ4v) is 2.63. The number of hydrogen-bond acceptors (Lipinski definition) is 4. The Morgan fingerprint density at radius 1 is 1.35 bits per heavy atom. The van der Waals surface area contributed by atoms with E-state index in [1.54, 1.807) is 11.8 Å². The minimum Gasteiger partial charge on any atom is -0.494 e. The minimum atomic E-state index is 0.0538. The molecule has 0 aliphatic carbocycles. The normalized spacial score (nSPS) is 17.7. The molecule has 0 saturated heterocycles. The first kappa shape index (κ1) is 12.3. The van der Waals surface area contributed by atoms with Crippen LogP contribution >= 0.6 is 11.8 Å². The van der Waals surface area contributed by atoms with E-state index in [9.17, 15) is 0 Å². The van der Waals surface area contributed by atoms with E-state index in [2.05, 4.69) is 24.2 Å². The Morgan fingerprint density at radius 3 is 2.59 bits per heavy atom. The fourth-order valence-electron chi connectivity index (χ4n) is 1.57. The highest BCUT2D eigenvalue weighted by Gasteiger charge is 2.25. The summed E-state index contributed by atoms with van der Waals surface area (Å²) in [6.45, 7) is 6.97. The number of thioether (sulfide) groups is 1. The Balaban J connectivity index is 2.00. The van der Waals surface area contributed by atoms with Gasteiger partial charge in [-0.15, -0.1) is 0 Å². The van der Waals surface area contributed by atoms with Crippen molar-refractivity contribution >= 4 is 22.6 Å². The highest BCUT2D eigenvalue weighted by Crippen LogP contribution is 2.28. The lowest BCUT2D eigenvalue weighted by atomic mass is 10.1. The van der Waals surface area contributed by atoms with E-state index < -0.39 is 0 Å². The number of anilines is 1. The first-order valence-corrected chi connectivity index (χ1v) is 6.80. The van der Waals surface area contributed by atoms with E-state index in [1.165, 1.54) is 0 Å². The molecule has 0 saturated carbocycles. The molecular formula is C13H18N2OS. The second-order valence-electron chi connectivity index (χ2n) is 4.60. The van der Waals surface area contributed by atoms with Crippen LogP contribution in [0.2, 0.25) is 0 Å². The number of nitrogens with zero attached hydrogens (tertiary/aromatic N) is 1. The molecule has 3 nitrogen and oxygen atoms in total. The van der Waals surface area contributed by atoms with Crippen LogP contribution in [0.3, 0.4) is 0 Å². The molecule has 1 heterocycles. The van der Waals surface area contributed by atoms with Gasteiger partial charge in [-0.2, -0.15) is 0 Å². The van der Waals surface area contributed by atoms with E-state index in [0.29, 0.717) is 6.61 Å². The largest absolute Gasteiger partial charge is 0.494 e. The zero-order chi connectivity index (χ0) is 12.3. The van der Waals surface area contributed by atoms with Crippen LogP contribution < -0.4 is 10.1 Å². The average Bonchev–Trinajstić information content (AvgIpc) is 2.61. The molecule has 0 aromatic heterocycles. The van der Waals surface area contributed by atoms with Gasteiger partial charge < -0.3 is 10.1 Å². The zero-order valence-electron chi connectivity index (χ0n) is 10.5. The molecule has 0 unspecified atom stereocenters. The van der Waals surface area contributed by atoms with Crippen LogP contribution in [0.4, 0.5) is 5.69 Å². The van der Waals surface area contributed by atoms with Gasteiger partial charge in [-0.1, -0.05) is 11.8 Å². The maximum atomic E-state index is 5.40. The van der Waals surface area contributed by atoms with Gasteiger partial charge in [-0.05, 0) is 45.0 Å². The maximum absolute atomic E-state index is 5.40. The molecule has 1 aromatic carbocycles. The van der Waals surface area contributed by atoms with Crippen molar-refractivity contribution in [3.63, 3.8) is 0 Å². The fraction of sp³-hybridized carbons (Fsp3) is 0.462. The van der Waals surface area contributed by atoms with E-state index in [-0.39, 0.29) is 5.54 Å². The molecule has 0 atom stereocenters. The van der Waals surface area contributed by atoms with E-state index >= 15 is 0 Å². The van der Waals surface area contributed by atoms with Crippen LogP contribution in [0.25, 0.3) is 0 Å². The van der Waals surface area contributed by atoms with Crippen LogP contribution in [-0.2, 0) is 0 Å². The molecule has 1 aliphatic rings. The summed E-state index contributed by atoms with van der Waals surface area (Å²) in [5, 5.41) is 4.32. The molecule has 0 fully saturated rings. The zero-order valence-corrected chi connectivity index (χ0v) is 11.3. The standard InChI is InChI=1S/C13H18N2OS/c1-4-16-11-7-5-10(6-8-11)14-12-15-13(2,3)9-17-12/h5-8H,4,9H2,1-3H3,(H,14,15). The van der Waals surface area contributed by atoms with Crippen LogP contribution in [0.15, 0.2) is 29.3 Å². The van der Waals surface area contributed by atoms with Gasteiger partial charge in [0.05, 0.1) is 12.1 Å². The lowest BCUT2D eigenvalue weighted by Crippen LogP contribution is -2.15. The summed E-state index contributed by atoms with van der Waals surface area (Å²) in [7, 11) is 0. The minimum absolute atomic E-state index is 0.0538. The van der Waals surface area contributed by atoms with Crippen molar-refractivity contribution in [1.29, 1.82) is 0 Å². The molecule has 0 amide bonds. The third-order valence-electron chi connectivity index (χ3n) is 2.38. The summed E-state index contributed by atoms with van der Waals surface area (Å²) in [5.74, 6) is 1.94. The first-order chi connectivity index (χ1) is 8.09. The van der Waals surface area contributed by atoms with Crippen molar-refractivity contribution in [3.05, 3.63) is 24.3 Å². The molecule has 92 valence electrons. The van der Waals surface area contributed by atoms with Gasteiger partial charge in [0.2, 0.25) is 0 Å². The lowest BCUT2D eigenvalue weighted by Gasteiger charge is -2.09. The van der Waals surface area contributed by atoms with Crippen LogP contribution in [0.5, 0.6) is 5.75 Å². The number of hydrogen-bond donors (Lipinski definition) is 1. The Bertz CT molecular complexity index is 412. The summed E-state index contributed by atoms with van der Waals surface area (Å²) in [6.07, 6.45) is 0. The van der Waals surface area contributed by atoms with E-state index in [0.717, 1.165) is 22.4 Å². The van der Waals surface area contributed by atoms with Crippen molar-refractivity contribution in [2.75, 3.05) is 17.7 Å². The lowest BCUT2D eigenvalue weighted by molar-refractivity contribution is 0.340. The molecule has 1 aliphatic heterocycles. The summed E-state index contributed by atoms with van der Waals surface area (Å²) < 4.78 is 5.40.